The van der Waals surface area contributed by atoms with Gasteiger partial charge in [-0.05, 0) is 42.5 Å². The second kappa shape index (κ2) is 13.3. The largest absolute Gasteiger partial charge is 0.482 e. The Balaban J connectivity index is 1.83. The lowest BCUT2D eigenvalue weighted by molar-refractivity contribution is -0.119. The van der Waals surface area contributed by atoms with Gasteiger partial charge in [0, 0.05) is 37.6 Å². The number of allylic oxidation sites excluding steroid dienone is 2. The average molecular weight is 569 g/mol. The van der Waals surface area contributed by atoms with Crippen LogP contribution in [0.25, 0.3) is 16.5 Å². The molecule has 2 aromatic carbocycles. The lowest BCUT2D eigenvalue weighted by Gasteiger charge is -2.31. The van der Waals surface area contributed by atoms with E-state index in [4.69, 9.17) is 4.74 Å². The van der Waals surface area contributed by atoms with Crippen LogP contribution in [0.1, 0.15) is 36.9 Å². The Morgan fingerprint density at radius 3 is 2.41 bits per heavy atom. The maximum Gasteiger partial charge on any atom is 0.332 e. The second-order valence-electron chi connectivity index (χ2n) is 9.67. The first kappa shape index (κ1) is 29.6. The van der Waals surface area contributed by atoms with Crippen LogP contribution in [-0.4, -0.2) is 59.2 Å². The molecular formula is C30H31F3N4O4. The molecule has 0 spiro atoms. The van der Waals surface area contributed by atoms with E-state index in [2.05, 4.69) is 11.6 Å². The fraction of sp³-hybridized carbons (Fsp3) is 0.333. The van der Waals surface area contributed by atoms with Gasteiger partial charge in [0.1, 0.15) is 13.3 Å². The monoisotopic (exact) mass is 568 g/mol. The lowest BCUT2D eigenvalue weighted by Crippen LogP contribution is -2.44. The Morgan fingerprint density at radius 1 is 1.15 bits per heavy atom. The Labute approximate surface area is 234 Å². The number of piperidine rings is 1. The van der Waals surface area contributed by atoms with E-state index in [1.807, 2.05) is 25.1 Å². The molecule has 3 aromatic rings. The Bertz CT molecular complexity index is 1580. The standard InChI is InChI=1S/C30H31F3N4O4/c1-3-21(17-34-4-2)22-7-5-20(6-8-22)18-36-29(39)25-13-28(41-24(15-31)16-32)26(33)14-27(25)37(30(36)40)23-9-11-35(19-38)12-10-23/h3-8,13-14,17,19,23-24H,2,9-12,15-16,18H2,1H3/b21-3+,34-17?. The van der Waals surface area contributed by atoms with E-state index in [9.17, 15) is 23.2 Å². The maximum absolute atomic E-state index is 15.1. The molecule has 1 aliphatic heterocycles. The first-order valence-electron chi connectivity index (χ1n) is 13.2. The van der Waals surface area contributed by atoms with Crippen molar-refractivity contribution in [3.8, 4) is 5.75 Å². The summed E-state index contributed by atoms with van der Waals surface area (Å²) in [5.41, 5.74) is 1.14. The molecule has 1 aromatic heterocycles. The topological polar surface area (TPSA) is 85.9 Å². The van der Waals surface area contributed by atoms with E-state index in [0.29, 0.717) is 31.5 Å². The number of hydrogen-bond donors (Lipinski definition) is 0. The third kappa shape index (κ3) is 6.34. The number of likely N-dealkylation sites (tertiary alicyclic amines) is 1. The number of nitrogens with zero attached hydrogens (tertiary/aromatic N) is 4. The lowest BCUT2D eigenvalue weighted by atomic mass is 10.0. The van der Waals surface area contributed by atoms with Crippen LogP contribution in [0, 0.1) is 5.82 Å². The smallest absolute Gasteiger partial charge is 0.332 e. The van der Waals surface area contributed by atoms with Gasteiger partial charge in [0.15, 0.2) is 17.7 Å². The SMILES string of the molecule is C=CN=C/C(=C\C)c1ccc(Cn2c(=O)c3cc(OC(CF)CF)c(F)cc3n(C3CCN(C=O)CC3)c2=O)cc1. The minimum atomic E-state index is -1.53. The summed E-state index contributed by atoms with van der Waals surface area (Å²) >= 11 is 0. The minimum Gasteiger partial charge on any atom is -0.482 e. The summed E-state index contributed by atoms with van der Waals surface area (Å²) in [7, 11) is 0. The van der Waals surface area contributed by atoms with Gasteiger partial charge in [0.2, 0.25) is 6.41 Å². The van der Waals surface area contributed by atoms with E-state index < -0.39 is 48.3 Å². The summed E-state index contributed by atoms with van der Waals surface area (Å²) in [5.74, 6) is -1.43. The Hall–Kier alpha value is -4.41. The zero-order valence-electron chi connectivity index (χ0n) is 22.6. The molecule has 0 atom stereocenters. The molecule has 1 amide bonds. The fourth-order valence-electron chi connectivity index (χ4n) is 4.93. The van der Waals surface area contributed by atoms with Crippen molar-refractivity contribution in [3.63, 3.8) is 0 Å². The van der Waals surface area contributed by atoms with Crippen LogP contribution in [0.15, 0.2) is 69.8 Å². The second-order valence-corrected chi connectivity index (χ2v) is 9.67. The summed E-state index contributed by atoms with van der Waals surface area (Å²) in [4.78, 5) is 44.3. The van der Waals surface area contributed by atoms with Crippen molar-refractivity contribution in [1.29, 1.82) is 0 Å². The summed E-state index contributed by atoms with van der Waals surface area (Å²) in [6.45, 7) is 3.79. The zero-order chi connectivity index (χ0) is 29.5. The summed E-state index contributed by atoms with van der Waals surface area (Å²) in [5, 5.41) is -0.0243. The van der Waals surface area contributed by atoms with Crippen LogP contribution >= 0.6 is 0 Å². The molecule has 0 bridgehead atoms. The molecule has 1 saturated heterocycles. The van der Waals surface area contributed by atoms with Crippen LogP contribution in [0.4, 0.5) is 13.2 Å². The van der Waals surface area contributed by atoms with Crippen molar-refractivity contribution >= 4 is 29.1 Å². The quantitative estimate of drug-likeness (QED) is 0.253. The number of fused-ring (bicyclic) bond motifs is 1. The van der Waals surface area contributed by atoms with Crippen molar-refractivity contribution in [2.45, 2.75) is 38.5 Å². The number of aromatic nitrogens is 2. The van der Waals surface area contributed by atoms with Crippen LogP contribution in [0.2, 0.25) is 0 Å². The molecule has 0 radical (unpaired) electrons. The summed E-state index contributed by atoms with van der Waals surface area (Å²) < 4.78 is 48.9. The van der Waals surface area contributed by atoms with Crippen LogP contribution in [0.5, 0.6) is 5.75 Å². The molecule has 0 aliphatic carbocycles. The fourth-order valence-corrected chi connectivity index (χ4v) is 4.93. The summed E-state index contributed by atoms with van der Waals surface area (Å²) in [6.07, 6.45) is 5.03. The number of aliphatic imine (C=N–C) groups is 1. The van der Waals surface area contributed by atoms with Crippen molar-refractivity contribution in [3.05, 3.63) is 93.0 Å². The Kier molecular flexibility index (Phi) is 9.59. The molecular weight excluding hydrogens is 537 g/mol. The van der Waals surface area contributed by atoms with E-state index in [1.54, 1.807) is 23.2 Å². The van der Waals surface area contributed by atoms with Gasteiger partial charge in [-0.15, -0.1) is 0 Å². The molecule has 8 nitrogen and oxygen atoms in total. The Morgan fingerprint density at radius 2 is 1.83 bits per heavy atom. The van der Waals surface area contributed by atoms with Crippen molar-refractivity contribution < 1.29 is 22.7 Å². The number of hydrogen-bond acceptors (Lipinski definition) is 5. The predicted octanol–water partition coefficient (Wildman–Crippen LogP) is 4.45. The van der Waals surface area contributed by atoms with Gasteiger partial charge in [-0.1, -0.05) is 36.9 Å². The molecule has 0 unspecified atom stereocenters. The van der Waals surface area contributed by atoms with E-state index in [1.165, 1.54) is 10.8 Å². The van der Waals surface area contributed by atoms with Gasteiger partial charge < -0.3 is 9.64 Å². The molecule has 4 rings (SSSR count). The molecule has 41 heavy (non-hydrogen) atoms. The predicted molar refractivity (Wildman–Crippen MR) is 153 cm³/mol. The minimum absolute atomic E-state index is 0.0243. The molecule has 2 heterocycles. The average Bonchev–Trinajstić information content (AvgIpc) is 3.00. The number of amides is 1. The number of carbonyl (C=O) groups is 1. The molecule has 0 saturated carbocycles. The number of carbonyl (C=O) groups excluding carboxylic acids is 1. The summed E-state index contributed by atoms with van der Waals surface area (Å²) in [6, 6.07) is 8.94. The highest BCUT2D eigenvalue weighted by atomic mass is 19.1. The molecule has 1 aliphatic rings. The van der Waals surface area contributed by atoms with Crippen molar-refractivity contribution in [1.82, 2.24) is 14.0 Å². The highest BCUT2D eigenvalue weighted by molar-refractivity contribution is 6.09. The highest BCUT2D eigenvalue weighted by Crippen LogP contribution is 2.28. The number of rotatable bonds is 11. The van der Waals surface area contributed by atoms with E-state index in [0.717, 1.165) is 34.2 Å². The molecule has 0 N–H and O–H groups in total. The van der Waals surface area contributed by atoms with Crippen molar-refractivity contribution in [2.24, 2.45) is 4.99 Å². The molecule has 11 heteroatoms. The van der Waals surface area contributed by atoms with Gasteiger partial charge in [-0.3, -0.25) is 23.7 Å². The number of ether oxygens (including phenoxy) is 1. The molecule has 1 fully saturated rings. The number of benzene rings is 2. The third-order valence-electron chi connectivity index (χ3n) is 7.13. The number of alkyl halides is 2. The van der Waals surface area contributed by atoms with Gasteiger partial charge in [0.05, 0.1) is 17.4 Å². The van der Waals surface area contributed by atoms with Gasteiger partial charge in [0.25, 0.3) is 5.56 Å². The maximum atomic E-state index is 15.1. The van der Waals surface area contributed by atoms with Crippen LogP contribution in [0.3, 0.4) is 0 Å². The normalized spacial score (nSPS) is 14.8. The van der Waals surface area contributed by atoms with Gasteiger partial charge in [-0.25, -0.2) is 18.0 Å². The van der Waals surface area contributed by atoms with Crippen LogP contribution < -0.4 is 16.0 Å². The van der Waals surface area contributed by atoms with Crippen molar-refractivity contribution in [2.75, 3.05) is 26.4 Å². The van der Waals surface area contributed by atoms with Crippen LogP contribution in [-0.2, 0) is 11.3 Å². The molecule has 216 valence electrons. The van der Waals surface area contributed by atoms with Gasteiger partial charge in [-0.2, -0.15) is 0 Å². The van der Waals surface area contributed by atoms with E-state index in [-0.39, 0.29) is 17.4 Å². The zero-order valence-corrected chi connectivity index (χ0v) is 22.6. The number of halogens is 3. The third-order valence-corrected chi connectivity index (χ3v) is 7.13. The first-order chi connectivity index (χ1) is 19.8. The highest BCUT2D eigenvalue weighted by Gasteiger charge is 2.26. The van der Waals surface area contributed by atoms with E-state index >= 15 is 4.39 Å². The van der Waals surface area contributed by atoms with Gasteiger partial charge >= 0.3 is 5.69 Å². The first-order valence-corrected chi connectivity index (χ1v) is 13.2.